The lowest BCUT2D eigenvalue weighted by molar-refractivity contribution is -0.122. The molecule has 2 heterocycles. The Balaban J connectivity index is 1.74. The van der Waals surface area contributed by atoms with E-state index in [1.165, 1.54) is 30.3 Å². The second-order valence-electron chi connectivity index (χ2n) is 7.34. The van der Waals surface area contributed by atoms with E-state index in [-0.39, 0.29) is 22.0 Å². The lowest BCUT2D eigenvalue weighted by atomic mass is 9.97. The van der Waals surface area contributed by atoms with Gasteiger partial charge in [0.2, 0.25) is 11.8 Å². The van der Waals surface area contributed by atoms with E-state index in [4.69, 9.17) is 11.6 Å². The number of pyridine rings is 1. The van der Waals surface area contributed by atoms with Crippen molar-refractivity contribution in [3.8, 4) is 11.1 Å². The zero-order valence-corrected chi connectivity index (χ0v) is 17.5. The van der Waals surface area contributed by atoms with Crippen LogP contribution < -0.4 is 10.2 Å². The topological polar surface area (TPSA) is 62.3 Å². The average Bonchev–Trinajstić information content (AvgIpc) is 2.86. The smallest absolute Gasteiger partial charge is 0.263 e. The van der Waals surface area contributed by atoms with Crippen LogP contribution in [0.15, 0.2) is 54.7 Å². The highest BCUT2D eigenvalue weighted by Gasteiger charge is 2.34. The molecule has 0 aliphatic carbocycles. The molecule has 1 atom stereocenters. The number of carbonyl (C=O) groups is 2. The summed E-state index contributed by atoms with van der Waals surface area (Å²) in [6, 6.07) is 11.2. The molecule has 0 bridgehead atoms. The molecule has 3 aromatic rings. The first kappa shape index (κ1) is 21.8. The maximum Gasteiger partial charge on any atom is 0.263 e. The van der Waals surface area contributed by atoms with Crippen LogP contribution in [0.5, 0.6) is 0 Å². The SMILES string of the molecule is CC1C(=O)N(CC(=O)Nc2ccc(Cl)c(F)c2)c2cc(C(F)F)ccc2-c2cccnc21. The molecule has 5 nitrogen and oxygen atoms in total. The van der Waals surface area contributed by atoms with E-state index in [1.54, 1.807) is 25.3 Å². The first-order valence-corrected chi connectivity index (χ1v) is 10.1. The van der Waals surface area contributed by atoms with Crippen LogP contribution in [0.2, 0.25) is 5.02 Å². The summed E-state index contributed by atoms with van der Waals surface area (Å²) in [7, 11) is 0. The van der Waals surface area contributed by atoms with Crippen LogP contribution in [-0.4, -0.2) is 23.3 Å². The molecule has 9 heteroatoms. The molecular formula is C23H17ClF3N3O2. The number of hydrogen-bond donors (Lipinski definition) is 1. The molecule has 0 radical (unpaired) electrons. The van der Waals surface area contributed by atoms with Crippen molar-refractivity contribution in [3.05, 3.63) is 76.8 Å². The van der Waals surface area contributed by atoms with Gasteiger partial charge in [-0.1, -0.05) is 29.8 Å². The van der Waals surface area contributed by atoms with Gasteiger partial charge in [-0.05, 0) is 37.3 Å². The van der Waals surface area contributed by atoms with E-state index in [0.717, 1.165) is 11.0 Å². The highest BCUT2D eigenvalue weighted by Crippen LogP contribution is 2.41. The first-order valence-electron chi connectivity index (χ1n) is 9.70. The van der Waals surface area contributed by atoms with E-state index in [0.29, 0.717) is 16.8 Å². The number of alkyl halides is 2. The van der Waals surface area contributed by atoms with Gasteiger partial charge in [0.05, 0.1) is 22.3 Å². The van der Waals surface area contributed by atoms with E-state index in [2.05, 4.69) is 10.3 Å². The molecular weight excluding hydrogens is 443 g/mol. The summed E-state index contributed by atoms with van der Waals surface area (Å²) in [6.45, 7) is 1.19. The molecule has 0 saturated carbocycles. The van der Waals surface area contributed by atoms with Gasteiger partial charge < -0.3 is 10.2 Å². The largest absolute Gasteiger partial charge is 0.324 e. The Morgan fingerprint density at radius 3 is 2.69 bits per heavy atom. The molecule has 1 aromatic heterocycles. The van der Waals surface area contributed by atoms with Crippen LogP contribution in [0.1, 0.15) is 30.5 Å². The molecule has 164 valence electrons. The summed E-state index contributed by atoms with van der Waals surface area (Å²) in [5.41, 5.74) is 1.70. The Morgan fingerprint density at radius 2 is 1.97 bits per heavy atom. The number of benzene rings is 2. The number of fused-ring (bicyclic) bond motifs is 3. The van der Waals surface area contributed by atoms with E-state index in [9.17, 15) is 22.8 Å². The number of hydrogen-bond acceptors (Lipinski definition) is 3. The number of rotatable bonds is 4. The zero-order valence-electron chi connectivity index (χ0n) is 16.8. The van der Waals surface area contributed by atoms with Crippen LogP contribution >= 0.6 is 11.6 Å². The second kappa shape index (κ2) is 8.63. The predicted molar refractivity (Wildman–Crippen MR) is 115 cm³/mol. The standard InChI is InChI=1S/C23H17ClF3N3O2/c1-12-21-16(3-2-8-28-21)15-6-4-13(22(26)27)9-19(15)30(23(12)32)11-20(31)29-14-5-7-17(24)18(25)10-14/h2-10,12,22H,11H2,1H3,(H,29,31). The van der Waals surface area contributed by atoms with Crippen molar-refractivity contribution in [1.29, 1.82) is 0 Å². The zero-order chi connectivity index (χ0) is 23.0. The second-order valence-corrected chi connectivity index (χ2v) is 7.74. The van der Waals surface area contributed by atoms with Gasteiger partial charge in [0.25, 0.3) is 6.43 Å². The molecule has 0 saturated heterocycles. The van der Waals surface area contributed by atoms with Crippen LogP contribution in [0.4, 0.5) is 24.5 Å². The van der Waals surface area contributed by atoms with Crippen LogP contribution in [0, 0.1) is 5.82 Å². The number of nitrogens with one attached hydrogen (secondary N) is 1. The van der Waals surface area contributed by atoms with Crippen molar-refractivity contribution in [2.75, 3.05) is 16.8 Å². The number of halogens is 4. The summed E-state index contributed by atoms with van der Waals surface area (Å²) < 4.78 is 40.5. The van der Waals surface area contributed by atoms with Crippen LogP contribution in [-0.2, 0) is 9.59 Å². The summed E-state index contributed by atoms with van der Waals surface area (Å²) >= 11 is 5.66. The van der Waals surface area contributed by atoms with Crippen molar-refractivity contribution < 1.29 is 22.8 Å². The molecule has 2 amide bonds. The normalized spacial score (nSPS) is 15.2. The van der Waals surface area contributed by atoms with Gasteiger partial charge >= 0.3 is 0 Å². The molecule has 1 N–H and O–H groups in total. The maximum absolute atomic E-state index is 13.7. The lowest BCUT2D eigenvalue weighted by Crippen LogP contribution is -2.40. The quantitative estimate of drug-likeness (QED) is 0.555. The Bertz CT molecular complexity index is 1220. The van der Waals surface area contributed by atoms with E-state index >= 15 is 0 Å². The van der Waals surface area contributed by atoms with Gasteiger partial charge in [-0.3, -0.25) is 14.6 Å². The molecule has 0 spiro atoms. The fraction of sp³-hybridized carbons (Fsp3) is 0.174. The molecule has 4 rings (SSSR count). The minimum Gasteiger partial charge on any atom is -0.324 e. The van der Waals surface area contributed by atoms with Crippen molar-refractivity contribution >= 4 is 34.8 Å². The Kier molecular flexibility index (Phi) is 5.88. The van der Waals surface area contributed by atoms with Crippen LogP contribution in [0.25, 0.3) is 11.1 Å². The summed E-state index contributed by atoms with van der Waals surface area (Å²) in [4.78, 5) is 31.5. The summed E-state index contributed by atoms with van der Waals surface area (Å²) in [5, 5.41) is 2.41. The van der Waals surface area contributed by atoms with Gasteiger partial charge in [-0.2, -0.15) is 0 Å². The Labute approximate surface area is 186 Å². The van der Waals surface area contributed by atoms with Crippen molar-refractivity contribution in [2.45, 2.75) is 19.3 Å². The average molecular weight is 460 g/mol. The Morgan fingerprint density at radius 1 is 1.19 bits per heavy atom. The number of nitrogens with zero attached hydrogens (tertiary/aromatic N) is 2. The maximum atomic E-state index is 13.7. The predicted octanol–water partition coefficient (Wildman–Crippen LogP) is 5.57. The molecule has 1 unspecified atom stereocenters. The molecule has 0 fully saturated rings. The van der Waals surface area contributed by atoms with Gasteiger partial charge in [0, 0.05) is 28.6 Å². The molecule has 2 aromatic carbocycles. The number of aromatic nitrogens is 1. The fourth-order valence-corrected chi connectivity index (χ4v) is 3.79. The fourth-order valence-electron chi connectivity index (χ4n) is 3.68. The molecule has 1 aliphatic rings. The van der Waals surface area contributed by atoms with E-state index < -0.39 is 36.5 Å². The van der Waals surface area contributed by atoms with Gasteiger partial charge in [-0.25, -0.2) is 13.2 Å². The van der Waals surface area contributed by atoms with Gasteiger partial charge in [-0.15, -0.1) is 0 Å². The number of amides is 2. The lowest BCUT2D eigenvalue weighted by Gasteiger charge is -2.25. The molecule has 32 heavy (non-hydrogen) atoms. The number of carbonyl (C=O) groups excluding carboxylic acids is 2. The van der Waals surface area contributed by atoms with Crippen molar-refractivity contribution in [3.63, 3.8) is 0 Å². The van der Waals surface area contributed by atoms with E-state index in [1.807, 2.05) is 0 Å². The monoisotopic (exact) mass is 459 g/mol. The third kappa shape index (κ3) is 4.05. The third-order valence-corrected chi connectivity index (χ3v) is 5.55. The summed E-state index contributed by atoms with van der Waals surface area (Å²) in [5.74, 6) is -2.51. The minimum absolute atomic E-state index is 0.0989. The third-order valence-electron chi connectivity index (χ3n) is 5.24. The summed E-state index contributed by atoms with van der Waals surface area (Å²) in [6.07, 6.45) is -1.20. The first-order chi connectivity index (χ1) is 15.3. The number of anilines is 2. The molecule has 1 aliphatic heterocycles. The van der Waals surface area contributed by atoms with Gasteiger partial charge in [0.1, 0.15) is 12.4 Å². The van der Waals surface area contributed by atoms with Crippen LogP contribution in [0.3, 0.4) is 0 Å². The minimum atomic E-state index is -2.75. The highest BCUT2D eigenvalue weighted by atomic mass is 35.5. The van der Waals surface area contributed by atoms with Crippen molar-refractivity contribution in [1.82, 2.24) is 4.98 Å². The van der Waals surface area contributed by atoms with Gasteiger partial charge in [0.15, 0.2) is 0 Å². The Hall–Kier alpha value is -3.39. The highest BCUT2D eigenvalue weighted by molar-refractivity contribution is 6.30. The van der Waals surface area contributed by atoms with Crippen molar-refractivity contribution in [2.24, 2.45) is 0 Å².